The molecule has 0 aliphatic carbocycles. The maximum absolute atomic E-state index is 9.30. The third-order valence-corrected chi connectivity index (χ3v) is 2.67. The van der Waals surface area contributed by atoms with E-state index >= 15 is 0 Å². The van der Waals surface area contributed by atoms with Gasteiger partial charge in [0.25, 0.3) is 0 Å². The number of nitriles is 1. The molecule has 1 aromatic carbocycles. The molecule has 0 saturated carbocycles. The Kier molecular flexibility index (Phi) is 2.97. The van der Waals surface area contributed by atoms with E-state index in [4.69, 9.17) is 10.00 Å². The highest BCUT2D eigenvalue weighted by Crippen LogP contribution is 2.34. The second-order valence-electron chi connectivity index (χ2n) is 4.02. The molecule has 0 fully saturated rings. The lowest BCUT2D eigenvalue weighted by atomic mass is 10.1. The van der Waals surface area contributed by atoms with Gasteiger partial charge in [-0.2, -0.15) is 5.26 Å². The summed E-state index contributed by atoms with van der Waals surface area (Å²) in [5.41, 5.74) is 1.04. The van der Waals surface area contributed by atoms with Crippen molar-refractivity contribution in [3.05, 3.63) is 23.8 Å². The fourth-order valence-corrected chi connectivity index (χ4v) is 1.73. The Labute approximate surface area is 94.5 Å². The highest BCUT2D eigenvalue weighted by atomic mass is 16.5. The van der Waals surface area contributed by atoms with Crippen LogP contribution in [-0.4, -0.2) is 18.3 Å². The van der Waals surface area contributed by atoms with Crippen LogP contribution in [-0.2, 0) is 0 Å². The molecule has 16 heavy (non-hydrogen) atoms. The minimum Gasteiger partial charge on any atom is -0.508 e. The summed E-state index contributed by atoms with van der Waals surface area (Å²) >= 11 is 0. The smallest absolute Gasteiger partial charge is 0.127 e. The SMILES string of the molecule is CC(C#N)CNC1COc2cc(O)ccc21. The molecule has 0 radical (unpaired) electrons. The van der Waals surface area contributed by atoms with E-state index in [9.17, 15) is 5.11 Å². The molecule has 84 valence electrons. The first-order chi connectivity index (χ1) is 7.70. The van der Waals surface area contributed by atoms with Crippen molar-refractivity contribution in [3.63, 3.8) is 0 Å². The van der Waals surface area contributed by atoms with Gasteiger partial charge in [0.15, 0.2) is 0 Å². The van der Waals surface area contributed by atoms with Crippen molar-refractivity contribution in [2.75, 3.05) is 13.2 Å². The summed E-state index contributed by atoms with van der Waals surface area (Å²) < 4.78 is 5.45. The van der Waals surface area contributed by atoms with E-state index in [1.165, 1.54) is 0 Å². The van der Waals surface area contributed by atoms with Gasteiger partial charge in [-0.15, -0.1) is 0 Å². The van der Waals surface area contributed by atoms with E-state index < -0.39 is 0 Å². The number of aromatic hydroxyl groups is 1. The van der Waals surface area contributed by atoms with Crippen LogP contribution in [0.15, 0.2) is 18.2 Å². The van der Waals surface area contributed by atoms with Crippen LogP contribution in [0.25, 0.3) is 0 Å². The van der Waals surface area contributed by atoms with Gasteiger partial charge in [0, 0.05) is 18.2 Å². The molecule has 2 atom stereocenters. The Balaban J connectivity index is 2.04. The van der Waals surface area contributed by atoms with Crippen LogP contribution < -0.4 is 10.1 Å². The van der Waals surface area contributed by atoms with E-state index in [0.717, 1.165) is 11.3 Å². The molecule has 4 heteroatoms. The predicted octanol–water partition coefficient (Wildman–Crippen LogP) is 1.57. The van der Waals surface area contributed by atoms with Gasteiger partial charge >= 0.3 is 0 Å². The lowest BCUT2D eigenvalue weighted by Crippen LogP contribution is -2.26. The second-order valence-corrected chi connectivity index (χ2v) is 4.02. The Hall–Kier alpha value is -1.73. The van der Waals surface area contributed by atoms with Crippen molar-refractivity contribution in [2.24, 2.45) is 5.92 Å². The average Bonchev–Trinajstić information content (AvgIpc) is 2.68. The Morgan fingerprint density at radius 2 is 2.50 bits per heavy atom. The van der Waals surface area contributed by atoms with Gasteiger partial charge in [0.05, 0.1) is 18.0 Å². The summed E-state index contributed by atoms with van der Waals surface area (Å²) in [6, 6.07) is 7.41. The van der Waals surface area contributed by atoms with Crippen LogP contribution in [0.5, 0.6) is 11.5 Å². The summed E-state index contributed by atoms with van der Waals surface area (Å²) in [5, 5.41) is 21.3. The van der Waals surface area contributed by atoms with Crippen LogP contribution in [0.3, 0.4) is 0 Å². The van der Waals surface area contributed by atoms with Crippen molar-refractivity contribution >= 4 is 0 Å². The predicted molar refractivity (Wildman–Crippen MR) is 59.1 cm³/mol. The molecule has 4 nitrogen and oxygen atoms in total. The molecule has 0 aromatic heterocycles. The average molecular weight is 218 g/mol. The van der Waals surface area contributed by atoms with Crippen molar-refractivity contribution in [1.82, 2.24) is 5.32 Å². The maximum Gasteiger partial charge on any atom is 0.127 e. The first-order valence-electron chi connectivity index (χ1n) is 5.29. The molecule has 1 aromatic rings. The number of hydrogen-bond donors (Lipinski definition) is 2. The summed E-state index contributed by atoms with van der Waals surface area (Å²) in [7, 11) is 0. The number of hydrogen-bond acceptors (Lipinski definition) is 4. The Morgan fingerprint density at radius 1 is 1.69 bits per heavy atom. The third kappa shape index (κ3) is 2.10. The quantitative estimate of drug-likeness (QED) is 0.808. The van der Waals surface area contributed by atoms with Gasteiger partial charge in [-0.25, -0.2) is 0 Å². The topological polar surface area (TPSA) is 65.3 Å². The molecule has 2 N–H and O–H groups in total. The fraction of sp³-hybridized carbons (Fsp3) is 0.417. The van der Waals surface area contributed by atoms with Gasteiger partial charge in [0.2, 0.25) is 0 Å². The minimum atomic E-state index is -0.0128. The van der Waals surface area contributed by atoms with Crippen LogP contribution in [0.4, 0.5) is 0 Å². The molecule has 2 rings (SSSR count). The van der Waals surface area contributed by atoms with Crippen molar-refractivity contribution in [2.45, 2.75) is 13.0 Å². The lowest BCUT2D eigenvalue weighted by Gasteiger charge is -2.12. The molecule has 2 unspecified atom stereocenters. The first-order valence-corrected chi connectivity index (χ1v) is 5.29. The third-order valence-electron chi connectivity index (χ3n) is 2.67. The van der Waals surface area contributed by atoms with Crippen LogP contribution in [0, 0.1) is 17.2 Å². The lowest BCUT2D eigenvalue weighted by molar-refractivity contribution is 0.308. The number of ether oxygens (including phenoxy) is 1. The molecule has 0 bridgehead atoms. The van der Waals surface area contributed by atoms with Crippen LogP contribution >= 0.6 is 0 Å². The van der Waals surface area contributed by atoms with Gasteiger partial charge in [0.1, 0.15) is 18.1 Å². The largest absolute Gasteiger partial charge is 0.508 e. The Morgan fingerprint density at radius 3 is 3.25 bits per heavy atom. The van der Waals surface area contributed by atoms with Gasteiger partial charge in [-0.05, 0) is 19.1 Å². The van der Waals surface area contributed by atoms with E-state index in [0.29, 0.717) is 13.2 Å². The fourth-order valence-electron chi connectivity index (χ4n) is 1.73. The zero-order valence-electron chi connectivity index (χ0n) is 9.10. The summed E-state index contributed by atoms with van der Waals surface area (Å²) in [4.78, 5) is 0. The molecule has 1 aliphatic rings. The molecule has 0 saturated heterocycles. The molecule has 1 aliphatic heterocycles. The highest BCUT2D eigenvalue weighted by molar-refractivity contribution is 5.44. The molecule has 1 heterocycles. The zero-order chi connectivity index (χ0) is 11.5. The number of nitrogens with zero attached hydrogens (tertiary/aromatic N) is 1. The number of benzene rings is 1. The summed E-state index contributed by atoms with van der Waals surface area (Å²) in [6.45, 7) is 3.07. The number of fused-ring (bicyclic) bond motifs is 1. The second kappa shape index (κ2) is 4.42. The van der Waals surface area contributed by atoms with Crippen molar-refractivity contribution in [3.8, 4) is 17.6 Å². The standard InChI is InChI=1S/C12H14N2O2/c1-8(5-13)6-14-11-7-16-12-4-9(15)2-3-10(11)12/h2-4,8,11,14-15H,6-7H2,1H3. The summed E-state index contributed by atoms with van der Waals surface area (Å²) in [6.07, 6.45) is 0. The van der Waals surface area contributed by atoms with Crippen LogP contribution in [0.1, 0.15) is 18.5 Å². The van der Waals surface area contributed by atoms with Crippen LogP contribution in [0.2, 0.25) is 0 Å². The molecular formula is C12H14N2O2. The van der Waals surface area contributed by atoms with E-state index in [1.54, 1.807) is 12.1 Å². The summed E-state index contributed by atoms with van der Waals surface area (Å²) in [5.74, 6) is 0.924. The molecule has 0 amide bonds. The monoisotopic (exact) mass is 218 g/mol. The molecule has 0 spiro atoms. The van der Waals surface area contributed by atoms with E-state index in [2.05, 4.69) is 11.4 Å². The van der Waals surface area contributed by atoms with Gasteiger partial charge in [-0.3, -0.25) is 0 Å². The number of nitrogens with one attached hydrogen (secondary N) is 1. The van der Waals surface area contributed by atoms with Gasteiger partial charge in [-0.1, -0.05) is 0 Å². The van der Waals surface area contributed by atoms with Crippen molar-refractivity contribution in [1.29, 1.82) is 5.26 Å². The molecular weight excluding hydrogens is 204 g/mol. The van der Waals surface area contributed by atoms with Crippen molar-refractivity contribution < 1.29 is 9.84 Å². The number of rotatable bonds is 3. The van der Waals surface area contributed by atoms with Gasteiger partial charge < -0.3 is 15.2 Å². The highest BCUT2D eigenvalue weighted by Gasteiger charge is 2.24. The van der Waals surface area contributed by atoms with E-state index in [-0.39, 0.29) is 17.7 Å². The maximum atomic E-state index is 9.30. The first kappa shape index (κ1) is 10.8. The van der Waals surface area contributed by atoms with E-state index in [1.807, 2.05) is 13.0 Å². The zero-order valence-corrected chi connectivity index (χ0v) is 9.10. The number of phenolic OH excluding ortho intramolecular Hbond substituents is 1. The normalized spacial score (nSPS) is 19.6. The number of phenols is 1. The minimum absolute atomic E-state index is 0.0128. The Bertz CT molecular complexity index is 426.